The summed E-state index contributed by atoms with van der Waals surface area (Å²) >= 11 is 0. The summed E-state index contributed by atoms with van der Waals surface area (Å²) in [7, 11) is 1.32. The minimum Gasteiger partial charge on any atom is -0.489 e. The maximum Gasteiger partial charge on any atom is 0.166 e. The van der Waals surface area contributed by atoms with Crippen LogP contribution in [0.15, 0.2) is 72.4 Å². The summed E-state index contributed by atoms with van der Waals surface area (Å²) in [5.74, 6) is -2.68. The standard InChI is InChI=1S/C28H28F4O2/c1-3-17-4-6-18(7-5-17)22-13-14-23(27(31)26(22)30)19-8-11-21(12-9-19)34-16-20-10-15-24(33-2)28(32)25(20)29/h3,8-14,17-18,24H,1,4-7,15-16H2,2H3. The summed E-state index contributed by atoms with van der Waals surface area (Å²) in [6.07, 6.45) is 6.32. The maximum absolute atomic E-state index is 15.0. The Morgan fingerprint density at radius 1 is 0.941 bits per heavy atom. The van der Waals surface area contributed by atoms with Crippen molar-refractivity contribution >= 4 is 0 Å². The highest BCUT2D eigenvalue weighted by molar-refractivity contribution is 5.65. The van der Waals surface area contributed by atoms with Crippen molar-refractivity contribution in [3.63, 3.8) is 0 Å². The first-order valence-electron chi connectivity index (χ1n) is 11.5. The molecule has 1 unspecified atom stereocenters. The highest BCUT2D eigenvalue weighted by atomic mass is 19.2. The van der Waals surface area contributed by atoms with Gasteiger partial charge in [-0.1, -0.05) is 36.4 Å². The molecule has 0 amide bonds. The van der Waals surface area contributed by atoms with Crippen LogP contribution < -0.4 is 4.74 Å². The number of ether oxygens (including phenoxy) is 2. The molecule has 0 aromatic heterocycles. The Hall–Kier alpha value is -2.86. The van der Waals surface area contributed by atoms with Gasteiger partial charge >= 0.3 is 0 Å². The van der Waals surface area contributed by atoms with Crippen LogP contribution in [0.5, 0.6) is 5.75 Å². The maximum atomic E-state index is 15.0. The van der Waals surface area contributed by atoms with Crippen LogP contribution in [0.1, 0.15) is 43.6 Å². The van der Waals surface area contributed by atoms with Crippen LogP contribution in [0.2, 0.25) is 0 Å². The van der Waals surface area contributed by atoms with Gasteiger partial charge in [0.05, 0.1) is 0 Å². The quantitative estimate of drug-likeness (QED) is 0.301. The second-order valence-electron chi connectivity index (χ2n) is 8.84. The zero-order valence-electron chi connectivity index (χ0n) is 19.1. The Labute approximate surface area is 197 Å². The molecule has 0 N–H and O–H groups in total. The Kier molecular flexibility index (Phi) is 7.57. The molecule has 0 radical (unpaired) electrons. The van der Waals surface area contributed by atoms with Crippen molar-refractivity contribution in [2.45, 2.75) is 44.1 Å². The Morgan fingerprint density at radius 3 is 2.29 bits per heavy atom. The van der Waals surface area contributed by atoms with E-state index in [1.807, 2.05) is 6.08 Å². The fraction of sp³-hybridized carbons (Fsp3) is 0.357. The fourth-order valence-corrected chi connectivity index (χ4v) is 4.72. The Bertz CT molecular complexity index is 1100. The molecule has 2 aliphatic carbocycles. The highest BCUT2D eigenvalue weighted by Gasteiger charge is 2.27. The molecule has 0 saturated heterocycles. The summed E-state index contributed by atoms with van der Waals surface area (Å²) < 4.78 is 68.4. The molecule has 0 spiro atoms. The van der Waals surface area contributed by atoms with Crippen molar-refractivity contribution < 1.29 is 27.0 Å². The number of hydrogen-bond acceptors (Lipinski definition) is 2. The van der Waals surface area contributed by atoms with Gasteiger partial charge in [-0.15, -0.1) is 6.58 Å². The van der Waals surface area contributed by atoms with E-state index >= 15 is 0 Å². The van der Waals surface area contributed by atoms with E-state index in [0.29, 0.717) is 22.8 Å². The summed E-state index contributed by atoms with van der Waals surface area (Å²) in [5, 5.41) is 0. The molecule has 0 bridgehead atoms. The molecule has 1 fully saturated rings. The van der Waals surface area contributed by atoms with Crippen molar-refractivity contribution in [1.29, 1.82) is 0 Å². The van der Waals surface area contributed by atoms with E-state index in [2.05, 4.69) is 6.58 Å². The normalized spacial score (nSPS) is 23.0. The molecule has 180 valence electrons. The molecule has 2 aliphatic rings. The van der Waals surface area contributed by atoms with Gasteiger partial charge in [0.1, 0.15) is 18.5 Å². The van der Waals surface area contributed by atoms with Gasteiger partial charge in [0, 0.05) is 18.2 Å². The van der Waals surface area contributed by atoms with Crippen molar-refractivity contribution in [3.8, 4) is 16.9 Å². The number of benzene rings is 2. The van der Waals surface area contributed by atoms with E-state index in [-0.39, 0.29) is 30.1 Å². The lowest BCUT2D eigenvalue weighted by atomic mass is 9.78. The first-order valence-corrected chi connectivity index (χ1v) is 11.5. The van der Waals surface area contributed by atoms with Gasteiger partial charge in [-0.05, 0) is 67.2 Å². The van der Waals surface area contributed by atoms with Gasteiger partial charge in [0.2, 0.25) is 0 Å². The fourth-order valence-electron chi connectivity index (χ4n) is 4.72. The zero-order chi connectivity index (χ0) is 24.2. The predicted molar refractivity (Wildman–Crippen MR) is 125 cm³/mol. The molecule has 34 heavy (non-hydrogen) atoms. The number of hydrogen-bond donors (Lipinski definition) is 0. The summed E-state index contributed by atoms with van der Waals surface area (Å²) in [6, 6.07) is 9.72. The smallest absolute Gasteiger partial charge is 0.166 e. The van der Waals surface area contributed by atoms with E-state index < -0.39 is 29.4 Å². The SMILES string of the molecule is C=CC1CCC(c2ccc(-c3ccc(OCC4=CCC(OC)C(F)=C4F)cc3)c(F)c2F)CC1. The number of halogens is 4. The van der Waals surface area contributed by atoms with Crippen LogP contribution in [0.25, 0.3) is 11.1 Å². The number of allylic oxidation sites excluding steroid dienone is 1. The lowest BCUT2D eigenvalue weighted by Crippen LogP contribution is -2.17. The molecule has 0 aliphatic heterocycles. The van der Waals surface area contributed by atoms with Gasteiger partial charge in [0.25, 0.3) is 0 Å². The number of methoxy groups -OCH3 is 1. The Balaban J connectivity index is 1.43. The summed E-state index contributed by atoms with van der Waals surface area (Å²) in [6.45, 7) is 3.68. The topological polar surface area (TPSA) is 18.5 Å². The lowest BCUT2D eigenvalue weighted by molar-refractivity contribution is 0.108. The van der Waals surface area contributed by atoms with Gasteiger partial charge in [-0.25, -0.2) is 17.6 Å². The van der Waals surface area contributed by atoms with Crippen LogP contribution in [0.4, 0.5) is 17.6 Å². The average Bonchev–Trinajstić information content (AvgIpc) is 2.87. The first-order chi connectivity index (χ1) is 16.4. The third-order valence-corrected chi connectivity index (χ3v) is 6.85. The van der Waals surface area contributed by atoms with Crippen LogP contribution in [0.3, 0.4) is 0 Å². The largest absolute Gasteiger partial charge is 0.489 e. The minimum atomic E-state index is -0.967. The van der Waals surface area contributed by atoms with Crippen molar-refractivity contribution in [1.82, 2.24) is 0 Å². The molecule has 0 heterocycles. The van der Waals surface area contributed by atoms with E-state index in [1.165, 1.54) is 7.11 Å². The van der Waals surface area contributed by atoms with E-state index in [1.54, 1.807) is 42.5 Å². The van der Waals surface area contributed by atoms with Crippen molar-refractivity contribution in [3.05, 3.63) is 89.6 Å². The molecular formula is C28H28F4O2. The van der Waals surface area contributed by atoms with Gasteiger partial charge in [0.15, 0.2) is 23.3 Å². The number of rotatable bonds is 7. The van der Waals surface area contributed by atoms with Crippen LogP contribution in [-0.4, -0.2) is 19.8 Å². The summed E-state index contributed by atoms with van der Waals surface area (Å²) in [5.41, 5.74) is 1.22. The Morgan fingerprint density at radius 2 is 1.65 bits per heavy atom. The van der Waals surface area contributed by atoms with Crippen LogP contribution in [0, 0.1) is 17.6 Å². The van der Waals surface area contributed by atoms with Crippen LogP contribution >= 0.6 is 0 Å². The van der Waals surface area contributed by atoms with Gasteiger partial charge in [-0.3, -0.25) is 0 Å². The van der Waals surface area contributed by atoms with Crippen LogP contribution in [-0.2, 0) is 4.74 Å². The molecule has 4 rings (SSSR count). The minimum absolute atomic E-state index is 0.0167. The summed E-state index contributed by atoms with van der Waals surface area (Å²) in [4.78, 5) is 0. The third-order valence-electron chi connectivity index (χ3n) is 6.85. The van der Waals surface area contributed by atoms with Crippen molar-refractivity contribution in [2.75, 3.05) is 13.7 Å². The second kappa shape index (κ2) is 10.6. The molecule has 1 atom stereocenters. The lowest BCUT2D eigenvalue weighted by Gasteiger charge is -2.27. The highest BCUT2D eigenvalue weighted by Crippen LogP contribution is 2.39. The molecule has 2 aromatic carbocycles. The van der Waals surface area contributed by atoms with E-state index in [4.69, 9.17) is 9.47 Å². The average molecular weight is 473 g/mol. The zero-order valence-corrected chi connectivity index (χ0v) is 19.1. The molecule has 2 aromatic rings. The molecule has 1 saturated carbocycles. The van der Waals surface area contributed by atoms with Gasteiger partial charge in [-0.2, -0.15) is 0 Å². The van der Waals surface area contributed by atoms with Crippen molar-refractivity contribution in [2.24, 2.45) is 5.92 Å². The molecule has 6 heteroatoms. The molecular weight excluding hydrogens is 444 g/mol. The second-order valence-corrected chi connectivity index (χ2v) is 8.84. The first kappa shape index (κ1) is 24.3. The van der Waals surface area contributed by atoms with E-state index in [9.17, 15) is 17.6 Å². The van der Waals surface area contributed by atoms with Gasteiger partial charge < -0.3 is 9.47 Å². The predicted octanol–water partition coefficient (Wildman–Crippen LogP) is 7.97. The molecule has 2 nitrogen and oxygen atoms in total. The monoisotopic (exact) mass is 472 g/mol. The van der Waals surface area contributed by atoms with E-state index in [0.717, 1.165) is 25.7 Å². The third kappa shape index (κ3) is 4.97.